The highest BCUT2D eigenvalue weighted by Crippen LogP contribution is 2.36. The van der Waals surface area contributed by atoms with Gasteiger partial charge in [0, 0.05) is 60.7 Å². The number of benzene rings is 1. The maximum Gasteiger partial charge on any atom is 0.219 e. The van der Waals surface area contributed by atoms with Gasteiger partial charge >= 0.3 is 0 Å². The summed E-state index contributed by atoms with van der Waals surface area (Å²) >= 11 is 7.80. The molecular weight excluding hydrogens is 506 g/mol. The van der Waals surface area contributed by atoms with Gasteiger partial charge in [-0.1, -0.05) is 23.7 Å². The molecule has 10 heteroatoms. The monoisotopic (exact) mass is 541 g/mol. The van der Waals surface area contributed by atoms with E-state index in [1.807, 2.05) is 31.2 Å². The van der Waals surface area contributed by atoms with Gasteiger partial charge in [0.2, 0.25) is 5.91 Å². The average Bonchev–Trinajstić information content (AvgIpc) is 3.34. The Kier molecular flexibility index (Phi) is 9.13. The second-order valence-corrected chi connectivity index (χ2v) is 11.2. The summed E-state index contributed by atoms with van der Waals surface area (Å²) in [6.07, 6.45) is 1.63. The number of aliphatic imine (C=N–C) groups is 1. The van der Waals surface area contributed by atoms with E-state index in [2.05, 4.69) is 50.8 Å². The van der Waals surface area contributed by atoms with E-state index in [1.165, 1.54) is 16.0 Å². The number of aromatic nitrogens is 3. The fraction of sp³-hybridized carbons (Fsp3) is 0.481. The number of halogens is 1. The molecule has 0 unspecified atom stereocenters. The summed E-state index contributed by atoms with van der Waals surface area (Å²) in [5.74, 6) is 1.93. The van der Waals surface area contributed by atoms with Crippen LogP contribution in [0.4, 0.5) is 0 Å². The molecule has 4 heterocycles. The highest BCUT2D eigenvalue weighted by atomic mass is 35.5. The first-order valence-electron chi connectivity index (χ1n) is 12.7. The van der Waals surface area contributed by atoms with E-state index in [0.29, 0.717) is 13.0 Å². The van der Waals surface area contributed by atoms with E-state index < -0.39 is 0 Å². The lowest BCUT2D eigenvalue weighted by molar-refractivity contribution is -0.120. The molecule has 3 aromatic rings. The molecule has 0 aliphatic carbocycles. The molecule has 0 atom stereocenters. The summed E-state index contributed by atoms with van der Waals surface area (Å²) in [5.41, 5.74) is 4.52. The van der Waals surface area contributed by atoms with E-state index in [0.717, 1.165) is 72.1 Å². The molecule has 5 rings (SSSR count). The summed E-state index contributed by atoms with van der Waals surface area (Å²) in [6, 6.07) is 7.86. The molecule has 8 nitrogen and oxygen atoms in total. The maximum absolute atomic E-state index is 11.0. The van der Waals surface area contributed by atoms with Crippen LogP contribution < -0.4 is 5.32 Å². The van der Waals surface area contributed by atoms with Gasteiger partial charge in [-0.15, -0.1) is 21.5 Å². The van der Waals surface area contributed by atoms with Crippen molar-refractivity contribution >= 4 is 34.6 Å². The van der Waals surface area contributed by atoms with Crippen molar-refractivity contribution in [2.45, 2.75) is 40.2 Å². The molecule has 2 aliphatic heterocycles. The minimum absolute atomic E-state index is 0.152. The minimum Gasteiger partial charge on any atom is -0.359 e. The molecular formula is C27H36ClN7OS. The Balaban J connectivity index is 0.000000197. The number of thiophene rings is 1. The zero-order chi connectivity index (χ0) is 26.5. The number of nitrogens with one attached hydrogen (secondary N) is 1. The molecule has 1 amide bonds. The topological polar surface area (TPSA) is 78.7 Å². The standard InChI is InChI=1S/C17H15ClN4S.C10H21N3O/c1-9-10(2)23-17-15(9)16(12-4-6-13(18)7-5-12)19-8-14-21-20-11(3)22(14)17;1-11-10(14)4-3-5-13-8-6-12(2)7-9-13/h4-7H,8H2,1-3H3;3-9H2,1-2H3,(H,11,14). The number of nitrogens with zero attached hydrogens (tertiary/aromatic N) is 6. The van der Waals surface area contributed by atoms with Gasteiger partial charge in [-0.05, 0) is 58.5 Å². The first-order valence-corrected chi connectivity index (χ1v) is 13.9. The summed E-state index contributed by atoms with van der Waals surface area (Å²) in [7, 11) is 3.85. The summed E-state index contributed by atoms with van der Waals surface area (Å²) in [5, 5.41) is 13.0. The van der Waals surface area contributed by atoms with E-state index >= 15 is 0 Å². The number of carbonyl (C=O) groups is 1. The number of likely N-dealkylation sites (N-methyl/N-ethyl adjacent to an activating group) is 1. The van der Waals surface area contributed by atoms with Crippen molar-refractivity contribution in [1.29, 1.82) is 0 Å². The molecule has 2 aromatic heterocycles. The van der Waals surface area contributed by atoms with Crippen LogP contribution >= 0.6 is 22.9 Å². The molecule has 0 saturated carbocycles. The molecule has 1 N–H and O–H groups in total. The van der Waals surface area contributed by atoms with Crippen molar-refractivity contribution in [2.75, 3.05) is 46.8 Å². The molecule has 1 aromatic carbocycles. The lowest BCUT2D eigenvalue weighted by Gasteiger charge is -2.32. The van der Waals surface area contributed by atoms with Crippen LogP contribution in [0.25, 0.3) is 5.00 Å². The molecule has 37 heavy (non-hydrogen) atoms. The maximum atomic E-state index is 11.0. The fourth-order valence-corrected chi connectivity index (χ4v) is 5.90. The van der Waals surface area contributed by atoms with Crippen LogP contribution in [0, 0.1) is 20.8 Å². The summed E-state index contributed by atoms with van der Waals surface area (Å²) in [4.78, 5) is 21.9. The molecule has 198 valence electrons. The van der Waals surface area contributed by atoms with Gasteiger partial charge < -0.3 is 15.1 Å². The predicted octanol–water partition coefficient (Wildman–Crippen LogP) is 4.02. The first kappa shape index (κ1) is 27.4. The lowest BCUT2D eigenvalue weighted by Crippen LogP contribution is -2.44. The second kappa shape index (κ2) is 12.3. The zero-order valence-electron chi connectivity index (χ0n) is 22.3. The van der Waals surface area contributed by atoms with Crippen LogP contribution in [0.1, 0.15) is 46.1 Å². The van der Waals surface area contributed by atoms with Gasteiger partial charge in [0.15, 0.2) is 5.82 Å². The van der Waals surface area contributed by atoms with Gasteiger partial charge in [0.1, 0.15) is 17.4 Å². The lowest BCUT2D eigenvalue weighted by atomic mass is 10.00. The third kappa shape index (κ3) is 6.46. The van der Waals surface area contributed by atoms with Gasteiger partial charge in [0.25, 0.3) is 0 Å². The summed E-state index contributed by atoms with van der Waals surface area (Å²) in [6.45, 7) is 12.5. The highest BCUT2D eigenvalue weighted by molar-refractivity contribution is 7.15. The summed E-state index contributed by atoms with van der Waals surface area (Å²) < 4.78 is 2.13. The minimum atomic E-state index is 0.152. The Morgan fingerprint density at radius 1 is 1.08 bits per heavy atom. The van der Waals surface area contributed by atoms with E-state index in [9.17, 15) is 4.79 Å². The van der Waals surface area contributed by atoms with Crippen molar-refractivity contribution in [3.8, 4) is 5.00 Å². The Morgan fingerprint density at radius 2 is 1.78 bits per heavy atom. The third-order valence-electron chi connectivity index (χ3n) is 6.95. The first-order chi connectivity index (χ1) is 17.8. The number of amides is 1. The van der Waals surface area contributed by atoms with Gasteiger partial charge in [-0.25, -0.2) is 0 Å². The van der Waals surface area contributed by atoms with E-state index in [4.69, 9.17) is 16.6 Å². The van der Waals surface area contributed by atoms with Gasteiger partial charge in [-0.2, -0.15) is 0 Å². The Hall–Kier alpha value is -2.59. The highest BCUT2D eigenvalue weighted by Gasteiger charge is 2.26. The molecule has 1 fully saturated rings. The van der Waals surface area contributed by atoms with Crippen molar-refractivity contribution in [2.24, 2.45) is 4.99 Å². The third-order valence-corrected chi connectivity index (χ3v) is 8.39. The molecule has 0 bridgehead atoms. The van der Waals surface area contributed by atoms with Crippen LogP contribution in [0.2, 0.25) is 5.02 Å². The number of fused-ring (bicyclic) bond motifs is 3. The number of aryl methyl sites for hydroxylation is 2. The van der Waals surface area contributed by atoms with Crippen LogP contribution in [0.3, 0.4) is 0 Å². The molecule has 2 aliphatic rings. The molecule has 1 saturated heterocycles. The van der Waals surface area contributed by atoms with Crippen molar-refractivity contribution in [3.63, 3.8) is 0 Å². The Morgan fingerprint density at radius 3 is 2.46 bits per heavy atom. The van der Waals surface area contributed by atoms with Crippen LogP contribution in [-0.2, 0) is 11.3 Å². The SMILES string of the molecule is CNC(=O)CCCN1CCN(C)CC1.Cc1sc2c(c1C)C(c1ccc(Cl)cc1)=NCc1nnc(C)n1-2. The van der Waals surface area contributed by atoms with Crippen LogP contribution in [-0.4, -0.2) is 83.0 Å². The largest absolute Gasteiger partial charge is 0.359 e. The predicted molar refractivity (Wildman–Crippen MR) is 151 cm³/mol. The van der Waals surface area contributed by atoms with E-state index in [1.54, 1.807) is 18.4 Å². The molecule has 0 radical (unpaired) electrons. The molecule has 0 spiro atoms. The second-order valence-electron chi connectivity index (χ2n) is 9.56. The average molecular weight is 542 g/mol. The normalized spacial score (nSPS) is 15.7. The van der Waals surface area contributed by atoms with Crippen molar-refractivity contribution in [3.05, 3.63) is 62.5 Å². The van der Waals surface area contributed by atoms with Crippen molar-refractivity contribution < 1.29 is 4.79 Å². The number of hydrogen-bond donors (Lipinski definition) is 1. The number of piperazine rings is 1. The number of rotatable bonds is 5. The van der Waals surface area contributed by atoms with Gasteiger partial charge in [0.05, 0.1) is 5.71 Å². The number of carbonyl (C=O) groups excluding carboxylic acids is 1. The van der Waals surface area contributed by atoms with Crippen molar-refractivity contribution in [1.82, 2.24) is 29.9 Å². The Labute approximate surface area is 228 Å². The number of hydrogen-bond acceptors (Lipinski definition) is 7. The Bertz CT molecular complexity index is 1260. The van der Waals surface area contributed by atoms with Crippen LogP contribution in [0.15, 0.2) is 29.3 Å². The quantitative estimate of drug-likeness (QED) is 0.528. The van der Waals surface area contributed by atoms with Crippen LogP contribution in [0.5, 0.6) is 0 Å². The van der Waals surface area contributed by atoms with E-state index in [-0.39, 0.29) is 5.91 Å². The zero-order valence-corrected chi connectivity index (χ0v) is 23.9. The fourth-order valence-electron chi connectivity index (χ4n) is 4.55. The van der Waals surface area contributed by atoms with Gasteiger partial charge in [-0.3, -0.25) is 14.4 Å². The smallest absolute Gasteiger partial charge is 0.219 e.